The van der Waals surface area contributed by atoms with Crippen molar-refractivity contribution in [3.63, 3.8) is 0 Å². The summed E-state index contributed by atoms with van der Waals surface area (Å²) in [6, 6.07) is 27.6. The molecule has 2 atom stereocenters. The van der Waals surface area contributed by atoms with Gasteiger partial charge in [0.15, 0.2) is 6.04 Å². The van der Waals surface area contributed by atoms with Crippen molar-refractivity contribution in [3.05, 3.63) is 109 Å². The number of rotatable bonds is 2. The molecule has 0 saturated heterocycles. The van der Waals surface area contributed by atoms with Gasteiger partial charge < -0.3 is 5.11 Å². The molecule has 1 aliphatic carbocycles. The molecule has 4 aromatic carbocycles. The third-order valence-corrected chi connectivity index (χ3v) is 6.15. The summed E-state index contributed by atoms with van der Waals surface area (Å²) in [4.78, 5) is 0. The van der Waals surface area contributed by atoms with Gasteiger partial charge in [-0.25, -0.2) is 9.13 Å². The van der Waals surface area contributed by atoms with Crippen LogP contribution in [0.3, 0.4) is 0 Å². The predicted molar refractivity (Wildman–Crippen MR) is 115 cm³/mol. The third kappa shape index (κ3) is 2.51. The summed E-state index contributed by atoms with van der Waals surface area (Å²) in [5.74, 6) is 0. The summed E-state index contributed by atoms with van der Waals surface area (Å²) >= 11 is 0. The van der Waals surface area contributed by atoms with Crippen LogP contribution in [0, 0.1) is 0 Å². The lowest BCUT2D eigenvalue weighted by molar-refractivity contribution is -0.718. The Labute approximate surface area is 169 Å². The van der Waals surface area contributed by atoms with Gasteiger partial charge in [-0.05, 0) is 22.4 Å². The summed E-state index contributed by atoms with van der Waals surface area (Å²) in [6.45, 7) is 0. The summed E-state index contributed by atoms with van der Waals surface area (Å²) in [6.07, 6.45) is 6.59. The lowest BCUT2D eigenvalue weighted by Crippen LogP contribution is -2.43. The van der Waals surface area contributed by atoms with Gasteiger partial charge in [-0.2, -0.15) is 0 Å². The van der Waals surface area contributed by atoms with Crippen molar-refractivity contribution in [2.75, 3.05) is 0 Å². The molecule has 3 heteroatoms. The second-order valence-electron chi connectivity index (χ2n) is 7.85. The molecule has 6 rings (SSSR count). The fraction of sp³-hybridized carbons (Fsp3) is 0.115. The lowest BCUT2D eigenvalue weighted by atomic mass is 10.0. The van der Waals surface area contributed by atoms with Crippen LogP contribution in [-0.4, -0.2) is 15.8 Å². The number of nitrogens with zero attached hydrogens (tertiary/aromatic N) is 2. The molecule has 29 heavy (non-hydrogen) atoms. The van der Waals surface area contributed by atoms with Gasteiger partial charge in [0, 0.05) is 22.8 Å². The summed E-state index contributed by atoms with van der Waals surface area (Å²) in [5, 5.41) is 15.7. The Morgan fingerprint density at radius 1 is 0.828 bits per heavy atom. The Balaban J connectivity index is 1.56. The summed E-state index contributed by atoms with van der Waals surface area (Å²) in [7, 11) is 0. The molecular formula is C26H21N2O+. The normalized spacial score (nSPS) is 18.4. The van der Waals surface area contributed by atoms with Crippen molar-refractivity contribution in [2.45, 2.75) is 18.6 Å². The van der Waals surface area contributed by atoms with E-state index in [2.05, 4.69) is 101 Å². The average Bonchev–Trinajstić information content (AvgIpc) is 3.35. The maximum Gasteiger partial charge on any atom is 0.249 e. The Morgan fingerprint density at radius 2 is 1.48 bits per heavy atom. The van der Waals surface area contributed by atoms with Gasteiger partial charge in [0.2, 0.25) is 6.33 Å². The first-order valence-corrected chi connectivity index (χ1v) is 10.0. The zero-order valence-electron chi connectivity index (χ0n) is 15.9. The molecule has 5 aromatic rings. The van der Waals surface area contributed by atoms with Crippen LogP contribution in [0.2, 0.25) is 0 Å². The molecule has 1 N–H and O–H groups in total. The van der Waals surface area contributed by atoms with E-state index in [-0.39, 0.29) is 6.04 Å². The fourth-order valence-corrected chi connectivity index (χ4v) is 4.85. The molecule has 1 aliphatic rings. The van der Waals surface area contributed by atoms with Crippen molar-refractivity contribution in [3.8, 4) is 5.69 Å². The molecule has 0 amide bonds. The summed E-state index contributed by atoms with van der Waals surface area (Å²) < 4.78 is 4.34. The molecular weight excluding hydrogens is 356 g/mol. The van der Waals surface area contributed by atoms with Crippen molar-refractivity contribution in [1.29, 1.82) is 0 Å². The van der Waals surface area contributed by atoms with Gasteiger partial charge in [0.05, 0.1) is 0 Å². The maximum absolute atomic E-state index is 10.8. The predicted octanol–water partition coefficient (Wildman–Crippen LogP) is 4.58. The van der Waals surface area contributed by atoms with Gasteiger partial charge in [-0.1, -0.05) is 72.8 Å². The second kappa shape index (κ2) is 6.29. The molecule has 0 radical (unpaired) electrons. The maximum atomic E-state index is 10.8. The highest BCUT2D eigenvalue weighted by molar-refractivity contribution is 6.07. The Bertz CT molecular complexity index is 1310. The van der Waals surface area contributed by atoms with Gasteiger partial charge in [-0.15, -0.1) is 0 Å². The first-order valence-electron chi connectivity index (χ1n) is 10.0. The van der Waals surface area contributed by atoms with Crippen LogP contribution >= 0.6 is 0 Å². The average molecular weight is 377 g/mol. The highest BCUT2D eigenvalue weighted by Gasteiger charge is 2.35. The summed E-state index contributed by atoms with van der Waals surface area (Å²) in [5.41, 5.74) is 3.63. The molecule has 1 aromatic heterocycles. The molecule has 140 valence electrons. The van der Waals surface area contributed by atoms with Crippen molar-refractivity contribution < 1.29 is 9.67 Å². The highest BCUT2D eigenvalue weighted by atomic mass is 16.3. The lowest BCUT2D eigenvalue weighted by Gasteiger charge is -2.12. The SMILES string of the molecule is O[C@H]1Cc2ccccc2[C@@H]1[n+]1ccn(-c2c3ccccc3cc3ccccc23)c1. The van der Waals surface area contributed by atoms with Crippen LogP contribution in [0.4, 0.5) is 0 Å². The Morgan fingerprint density at radius 3 is 2.24 bits per heavy atom. The van der Waals surface area contributed by atoms with Crippen LogP contribution < -0.4 is 4.57 Å². The van der Waals surface area contributed by atoms with E-state index < -0.39 is 6.10 Å². The van der Waals surface area contributed by atoms with E-state index in [9.17, 15) is 5.11 Å². The van der Waals surface area contributed by atoms with Crippen LogP contribution in [0.25, 0.3) is 27.2 Å². The topological polar surface area (TPSA) is 29.0 Å². The van der Waals surface area contributed by atoms with E-state index in [0.717, 1.165) is 0 Å². The van der Waals surface area contributed by atoms with Crippen molar-refractivity contribution in [2.24, 2.45) is 0 Å². The molecule has 3 nitrogen and oxygen atoms in total. The smallest absolute Gasteiger partial charge is 0.249 e. The number of hydrogen-bond donors (Lipinski definition) is 1. The van der Waals surface area contributed by atoms with Crippen molar-refractivity contribution >= 4 is 21.5 Å². The van der Waals surface area contributed by atoms with E-state index >= 15 is 0 Å². The molecule has 0 saturated carbocycles. The number of imidazole rings is 1. The molecule has 1 heterocycles. The van der Waals surface area contributed by atoms with E-state index in [4.69, 9.17) is 0 Å². The van der Waals surface area contributed by atoms with Crippen molar-refractivity contribution in [1.82, 2.24) is 4.57 Å². The minimum absolute atomic E-state index is 0.0475. The van der Waals surface area contributed by atoms with Crippen LogP contribution in [0.5, 0.6) is 0 Å². The van der Waals surface area contributed by atoms with E-state index in [1.807, 2.05) is 6.07 Å². The molecule has 0 fully saturated rings. The number of benzene rings is 4. The van der Waals surface area contributed by atoms with Crippen LogP contribution in [-0.2, 0) is 6.42 Å². The monoisotopic (exact) mass is 377 g/mol. The van der Waals surface area contributed by atoms with Crippen LogP contribution in [0.15, 0.2) is 97.6 Å². The minimum atomic E-state index is -0.405. The largest absolute Gasteiger partial charge is 0.388 e. The fourth-order valence-electron chi connectivity index (χ4n) is 4.85. The van der Waals surface area contributed by atoms with Gasteiger partial charge in [-0.3, -0.25) is 0 Å². The first kappa shape index (κ1) is 16.5. The highest BCUT2D eigenvalue weighted by Crippen LogP contribution is 2.33. The van der Waals surface area contributed by atoms with Gasteiger partial charge in [0.25, 0.3) is 0 Å². The van der Waals surface area contributed by atoms with Gasteiger partial charge in [0.1, 0.15) is 24.2 Å². The van der Waals surface area contributed by atoms with E-state index in [0.29, 0.717) is 6.42 Å². The number of fused-ring (bicyclic) bond motifs is 3. The number of hydrogen-bond acceptors (Lipinski definition) is 1. The molecule has 0 bridgehead atoms. The molecule has 0 aliphatic heterocycles. The first-order chi connectivity index (χ1) is 14.3. The minimum Gasteiger partial charge on any atom is -0.388 e. The standard InChI is InChI=1S/C26H21N2O/c29-24-16-20-9-3-6-12-23(20)26(24)28-14-13-27(17-28)25-21-10-4-1-7-18(21)15-19-8-2-5-11-22(19)25/h1-15,17,24,26,29H,16H2/q+1/t24-,26-/m0/s1. The number of aliphatic hydroxyl groups excluding tert-OH is 1. The quantitative estimate of drug-likeness (QED) is 0.354. The Hall–Kier alpha value is -3.43. The number of aromatic nitrogens is 2. The third-order valence-electron chi connectivity index (χ3n) is 6.15. The zero-order chi connectivity index (χ0) is 19.4. The van der Waals surface area contributed by atoms with Gasteiger partial charge >= 0.3 is 0 Å². The van der Waals surface area contributed by atoms with Crippen LogP contribution in [0.1, 0.15) is 17.2 Å². The molecule has 0 unspecified atom stereocenters. The van der Waals surface area contributed by atoms with E-state index in [1.54, 1.807) is 0 Å². The number of aliphatic hydroxyl groups is 1. The van der Waals surface area contributed by atoms with E-state index in [1.165, 1.54) is 38.4 Å². The molecule has 0 spiro atoms. The zero-order valence-corrected chi connectivity index (χ0v) is 15.9. The second-order valence-corrected chi connectivity index (χ2v) is 7.85. The Kier molecular flexibility index (Phi) is 3.58.